The van der Waals surface area contributed by atoms with Crippen LogP contribution in [0.4, 0.5) is 0 Å². The van der Waals surface area contributed by atoms with E-state index < -0.39 is 0 Å². The van der Waals surface area contributed by atoms with Gasteiger partial charge in [0.15, 0.2) is 0 Å². The van der Waals surface area contributed by atoms with Gasteiger partial charge in [-0.15, -0.1) is 0 Å². The highest BCUT2D eigenvalue weighted by Gasteiger charge is 2.21. The van der Waals surface area contributed by atoms with E-state index in [1.807, 2.05) is 6.07 Å². The third kappa shape index (κ3) is 6.12. The summed E-state index contributed by atoms with van der Waals surface area (Å²) in [4.78, 5) is 19.6. The van der Waals surface area contributed by atoms with Gasteiger partial charge in [0.1, 0.15) is 0 Å². The third-order valence-electron chi connectivity index (χ3n) is 5.61. The zero-order chi connectivity index (χ0) is 17.3. The molecule has 0 aromatic heterocycles. The Morgan fingerprint density at radius 2 is 1.44 bits per heavy atom. The SMILES string of the molecule is O=C(CCCc1ccccc1)N1CCN(CCN2CCCCC2)CC1. The summed E-state index contributed by atoms with van der Waals surface area (Å²) >= 11 is 0. The van der Waals surface area contributed by atoms with Crippen molar-refractivity contribution >= 4 is 5.91 Å². The first kappa shape index (κ1) is 18.4. The maximum absolute atomic E-state index is 12.4. The van der Waals surface area contributed by atoms with E-state index in [4.69, 9.17) is 0 Å². The molecule has 4 nitrogen and oxygen atoms in total. The molecule has 1 aromatic rings. The minimum atomic E-state index is 0.339. The van der Waals surface area contributed by atoms with Gasteiger partial charge in [-0.3, -0.25) is 9.69 Å². The van der Waals surface area contributed by atoms with E-state index in [0.29, 0.717) is 12.3 Å². The van der Waals surface area contributed by atoms with Crippen molar-refractivity contribution in [2.75, 3.05) is 52.4 Å². The molecular formula is C21H33N3O. The number of carbonyl (C=O) groups excluding carboxylic acids is 1. The Balaban J connectivity index is 1.29. The summed E-state index contributed by atoms with van der Waals surface area (Å²) in [6.45, 7) is 8.81. The molecule has 1 amide bonds. The molecule has 0 unspecified atom stereocenters. The zero-order valence-corrected chi connectivity index (χ0v) is 15.5. The summed E-state index contributed by atoms with van der Waals surface area (Å²) in [6.07, 6.45) is 6.78. The monoisotopic (exact) mass is 343 g/mol. The molecule has 4 heteroatoms. The van der Waals surface area contributed by atoms with Crippen LogP contribution in [-0.4, -0.2) is 73.0 Å². The number of rotatable bonds is 7. The number of likely N-dealkylation sites (tertiary alicyclic amines) is 1. The second-order valence-electron chi connectivity index (χ2n) is 7.46. The molecule has 2 heterocycles. The van der Waals surface area contributed by atoms with Gasteiger partial charge in [-0.05, 0) is 44.3 Å². The van der Waals surface area contributed by atoms with Gasteiger partial charge >= 0.3 is 0 Å². The molecule has 1 aromatic carbocycles. The van der Waals surface area contributed by atoms with E-state index in [2.05, 4.69) is 39.0 Å². The van der Waals surface area contributed by atoms with Crippen LogP contribution in [0.5, 0.6) is 0 Å². The maximum atomic E-state index is 12.4. The van der Waals surface area contributed by atoms with E-state index in [9.17, 15) is 4.79 Å². The van der Waals surface area contributed by atoms with E-state index >= 15 is 0 Å². The number of benzene rings is 1. The Hall–Kier alpha value is -1.39. The summed E-state index contributed by atoms with van der Waals surface area (Å²) in [7, 11) is 0. The van der Waals surface area contributed by atoms with E-state index in [0.717, 1.165) is 45.6 Å². The number of nitrogens with zero attached hydrogens (tertiary/aromatic N) is 3. The summed E-state index contributed by atoms with van der Waals surface area (Å²) < 4.78 is 0. The van der Waals surface area contributed by atoms with Gasteiger partial charge in [0.05, 0.1) is 0 Å². The second-order valence-corrected chi connectivity index (χ2v) is 7.46. The predicted molar refractivity (Wildman–Crippen MR) is 103 cm³/mol. The van der Waals surface area contributed by atoms with Crippen molar-refractivity contribution in [1.29, 1.82) is 0 Å². The number of carbonyl (C=O) groups is 1. The lowest BCUT2D eigenvalue weighted by molar-refractivity contribution is -0.133. The van der Waals surface area contributed by atoms with Crippen LogP contribution in [0.1, 0.15) is 37.7 Å². The van der Waals surface area contributed by atoms with Crippen molar-refractivity contribution in [3.8, 4) is 0 Å². The molecule has 0 aliphatic carbocycles. The van der Waals surface area contributed by atoms with Crippen molar-refractivity contribution in [3.63, 3.8) is 0 Å². The highest BCUT2D eigenvalue weighted by Crippen LogP contribution is 2.11. The zero-order valence-electron chi connectivity index (χ0n) is 15.5. The molecule has 0 atom stereocenters. The van der Waals surface area contributed by atoms with Crippen molar-refractivity contribution in [2.45, 2.75) is 38.5 Å². The van der Waals surface area contributed by atoms with Crippen molar-refractivity contribution in [1.82, 2.24) is 14.7 Å². The molecule has 2 aliphatic rings. The van der Waals surface area contributed by atoms with Crippen LogP contribution in [0.3, 0.4) is 0 Å². The molecule has 25 heavy (non-hydrogen) atoms. The fraction of sp³-hybridized carbons (Fsp3) is 0.667. The first-order valence-electron chi connectivity index (χ1n) is 10.1. The van der Waals surface area contributed by atoms with Gasteiger partial charge in [-0.1, -0.05) is 36.8 Å². The molecule has 3 rings (SSSR count). The number of piperazine rings is 1. The summed E-state index contributed by atoms with van der Waals surface area (Å²) in [5.74, 6) is 0.339. The largest absolute Gasteiger partial charge is 0.340 e. The number of piperidine rings is 1. The molecule has 0 N–H and O–H groups in total. The minimum absolute atomic E-state index is 0.339. The first-order chi connectivity index (χ1) is 12.3. The number of hydrogen-bond acceptors (Lipinski definition) is 3. The minimum Gasteiger partial charge on any atom is -0.340 e. The molecule has 0 saturated carbocycles. The lowest BCUT2D eigenvalue weighted by Crippen LogP contribution is -2.50. The van der Waals surface area contributed by atoms with E-state index in [1.54, 1.807) is 0 Å². The Morgan fingerprint density at radius 1 is 0.800 bits per heavy atom. The lowest BCUT2D eigenvalue weighted by atomic mass is 10.1. The Kier molecular flexibility index (Phi) is 7.31. The Morgan fingerprint density at radius 3 is 2.12 bits per heavy atom. The second kappa shape index (κ2) is 9.93. The van der Waals surface area contributed by atoms with Gasteiger partial charge in [0.25, 0.3) is 0 Å². The first-order valence-corrected chi connectivity index (χ1v) is 10.1. The van der Waals surface area contributed by atoms with Gasteiger partial charge in [0, 0.05) is 45.7 Å². The average molecular weight is 344 g/mol. The van der Waals surface area contributed by atoms with Gasteiger partial charge in [-0.25, -0.2) is 0 Å². The molecule has 2 aliphatic heterocycles. The van der Waals surface area contributed by atoms with Crippen LogP contribution in [-0.2, 0) is 11.2 Å². The highest BCUT2D eigenvalue weighted by molar-refractivity contribution is 5.76. The molecule has 138 valence electrons. The molecule has 0 spiro atoms. The number of amides is 1. The smallest absolute Gasteiger partial charge is 0.222 e. The number of aryl methyl sites for hydroxylation is 1. The Bertz CT molecular complexity index is 505. The molecule has 2 fully saturated rings. The summed E-state index contributed by atoms with van der Waals surface area (Å²) in [5.41, 5.74) is 1.33. The fourth-order valence-corrected chi connectivity index (χ4v) is 3.93. The average Bonchev–Trinajstić information content (AvgIpc) is 2.68. The molecule has 0 bridgehead atoms. The van der Waals surface area contributed by atoms with E-state index in [1.165, 1.54) is 44.5 Å². The third-order valence-corrected chi connectivity index (χ3v) is 5.61. The van der Waals surface area contributed by atoms with Crippen LogP contribution in [0.15, 0.2) is 30.3 Å². The summed E-state index contributed by atoms with van der Waals surface area (Å²) in [5, 5.41) is 0. The van der Waals surface area contributed by atoms with Crippen molar-refractivity contribution in [3.05, 3.63) is 35.9 Å². The normalized spacial score (nSPS) is 19.9. The fourth-order valence-electron chi connectivity index (χ4n) is 3.93. The van der Waals surface area contributed by atoms with Crippen LogP contribution in [0.25, 0.3) is 0 Å². The molecular weight excluding hydrogens is 310 g/mol. The number of hydrogen-bond donors (Lipinski definition) is 0. The summed E-state index contributed by atoms with van der Waals surface area (Å²) in [6, 6.07) is 10.5. The topological polar surface area (TPSA) is 26.8 Å². The standard InChI is InChI=1S/C21H33N3O/c25-21(11-7-10-20-8-3-1-4-9-20)24-18-16-23(17-19-24)15-14-22-12-5-2-6-13-22/h1,3-4,8-9H,2,5-7,10-19H2. The quantitative estimate of drug-likeness (QED) is 0.761. The van der Waals surface area contributed by atoms with Crippen LogP contribution in [0.2, 0.25) is 0 Å². The van der Waals surface area contributed by atoms with Gasteiger partial charge < -0.3 is 9.80 Å². The lowest BCUT2D eigenvalue weighted by Gasteiger charge is -2.36. The molecule has 2 saturated heterocycles. The van der Waals surface area contributed by atoms with Crippen LogP contribution < -0.4 is 0 Å². The van der Waals surface area contributed by atoms with E-state index in [-0.39, 0.29) is 0 Å². The molecule has 0 radical (unpaired) electrons. The van der Waals surface area contributed by atoms with Gasteiger partial charge in [-0.2, -0.15) is 0 Å². The highest BCUT2D eigenvalue weighted by atomic mass is 16.2. The van der Waals surface area contributed by atoms with Crippen LogP contribution >= 0.6 is 0 Å². The van der Waals surface area contributed by atoms with Crippen molar-refractivity contribution < 1.29 is 4.79 Å². The maximum Gasteiger partial charge on any atom is 0.222 e. The van der Waals surface area contributed by atoms with Crippen LogP contribution in [0, 0.1) is 0 Å². The Labute approximate surface area is 152 Å². The predicted octanol–water partition coefficient (Wildman–Crippen LogP) is 2.64. The van der Waals surface area contributed by atoms with Crippen molar-refractivity contribution in [2.24, 2.45) is 0 Å². The van der Waals surface area contributed by atoms with Gasteiger partial charge in [0.2, 0.25) is 5.91 Å².